The van der Waals surface area contributed by atoms with Crippen LogP contribution in [0.3, 0.4) is 0 Å². The van der Waals surface area contributed by atoms with Crippen molar-refractivity contribution in [3.8, 4) is 0 Å². The highest BCUT2D eigenvalue weighted by atomic mass is 19.1. The zero-order valence-corrected chi connectivity index (χ0v) is 14.7. The molecule has 0 saturated heterocycles. The van der Waals surface area contributed by atoms with Gasteiger partial charge in [-0.05, 0) is 31.9 Å². The van der Waals surface area contributed by atoms with Gasteiger partial charge < -0.3 is 10.1 Å². The topological polar surface area (TPSA) is 84.5 Å². The Balaban J connectivity index is 1.77. The van der Waals surface area contributed by atoms with Crippen molar-refractivity contribution in [2.45, 2.75) is 51.2 Å². The normalized spacial score (nSPS) is 16.1. The van der Waals surface area contributed by atoms with E-state index in [0.29, 0.717) is 0 Å². The molecule has 1 saturated carbocycles. The Morgan fingerprint density at radius 1 is 1.19 bits per heavy atom. The molecule has 0 heterocycles. The predicted molar refractivity (Wildman–Crippen MR) is 94.5 cm³/mol. The first-order chi connectivity index (χ1) is 12.5. The second-order valence-corrected chi connectivity index (χ2v) is 6.23. The first-order valence-electron chi connectivity index (χ1n) is 8.70. The number of carbonyl (C=O) groups excluding carboxylic acids is 3. The summed E-state index contributed by atoms with van der Waals surface area (Å²) in [6, 6.07) is 5.42. The SMILES string of the molecule is C[C@H](OC(=O)/C=C/c1ccccc1F)C(=O)NC(=O)NC1CCCCC1. The third-order valence-corrected chi connectivity index (χ3v) is 4.14. The molecule has 0 aromatic heterocycles. The number of urea groups is 1. The first-order valence-corrected chi connectivity index (χ1v) is 8.70. The summed E-state index contributed by atoms with van der Waals surface area (Å²) in [5.41, 5.74) is 0.230. The molecule has 0 bridgehead atoms. The molecule has 0 radical (unpaired) electrons. The van der Waals surface area contributed by atoms with Gasteiger partial charge in [-0.15, -0.1) is 0 Å². The molecule has 7 heteroatoms. The highest BCUT2D eigenvalue weighted by molar-refractivity contribution is 5.98. The lowest BCUT2D eigenvalue weighted by Crippen LogP contribution is -2.48. The number of rotatable bonds is 5. The smallest absolute Gasteiger partial charge is 0.331 e. The standard InChI is InChI=1S/C19H23FN2O4/c1-13(18(24)22-19(25)21-15-8-3-2-4-9-15)26-17(23)12-11-14-7-5-6-10-16(14)20/h5-7,10-13,15H,2-4,8-9H2,1H3,(H2,21,22,24,25)/b12-11+/t13-/m0/s1. The Kier molecular flexibility index (Phi) is 7.32. The van der Waals surface area contributed by atoms with E-state index in [9.17, 15) is 18.8 Å². The maximum absolute atomic E-state index is 13.5. The Morgan fingerprint density at radius 2 is 1.88 bits per heavy atom. The van der Waals surface area contributed by atoms with Gasteiger partial charge in [-0.1, -0.05) is 37.5 Å². The van der Waals surface area contributed by atoms with Gasteiger partial charge >= 0.3 is 12.0 Å². The number of esters is 1. The van der Waals surface area contributed by atoms with Crippen molar-refractivity contribution in [3.63, 3.8) is 0 Å². The van der Waals surface area contributed by atoms with E-state index >= 15 is 0 Å². The number of hydrogen-bond acceptors (Lipinski definition) is 4. The molecule has 1 atom stereocenters. The monoisotopic (exact) mass is 362 g/mol. The number of halogens is 1. The molecule has 1 aromatic rings. The lowest BCUT2D eigenvalue weighted by atomic mass is 9.96. The molecule has 0 spiro atoms. The number of carbonyl (C=O) groups is 3. The van der Waals surface area contributed by atoms with Crippen LogP contribution in [-0.4, -0.2) is 30.1 Å². The summed E-state index contributed by atoms with van der Waals surface area (Å²) in [6.45, 7) is 1.36. The zero-order valence-electron chi connectivity index (χ0n) is 14.7. The fraction of sp³-hybridized carbons (Fsp3) is 0.421. The average molecular weight is 362 g/mol. The summed E-state index contributed by atoms with van der Waals surface area (Å²) < 4.78 is 18.4. The summed E-state index contributed by atoms with van der Waals surface area (Å²) in [4.78, 5) is 35.5. The Hall–Kier alpha value is -2.70. The van der Waals surface area contributed by atoms with Crippen molar-refractivity contribution in [2.24, 2.45) is 0 Å². The van der Waals surface area contributed by atoms with Crippen molar-refractivity contribution in [1.82, 2.24) is 10.6 Å². The zero-order chi connectivity index (χ0) is 18.9. The molecule has 6 nitrogen and oxygen atoms in total. The first kappa shape index (κ1) is 19.6. The highest BCUT2D eigenvalue weighted by Gasteiger charge is 2.21. The van der Waals surface area contributed by atoms with E-state index in [1.807, 2.05) is 0 Å². The van der Waals surface area contributed by atoms with Crippen LogP contribution in [0, 0.1) is 5.82 Å². The second-order valence-electron chi connectivity index (χ2n) is 6.23. The van der Waals surface area contributed by atoms with Gasteiger partial charge in [-0.2, -0.15) is 0 Å². The molecule has 1 fully saturated rings. The maximum Gasteiger partial charge on any atom is 0.331 e. The predicted octanol–water partition coefficient (Wildman–Crippen LogP) is 2.93. The molecule has 2 N–H and O–H groups in total. The summed E-state index contributed by atoms with van der Waals surface area (Å²) in [5.74, 6) is -1.99. The van der Waals surface area contributed by atoms with E-state index in [1.165, 1.54) is 31.2 Å². The number of amides is 3. The van der Waals surface area contributed by atoms with Crippen LogP contribution in [0.25, 0.3) is 6.08 Å². The van der Waals surface area contributed by atoms with Crippen LogP contribution in [0.2, 0.25) is 0 Å². The fourth-order valence-electron chi connectivity index (χ4n) is 2.72. The van der Waals surface area contributed by atoms with E-state index in [4.69, 9.17) is 4.74 Å². The van der Waals surface area contributed by atoms with E-state index in [-0.39, 0.29) is 11.6 Å². The molecule has 0 unspecified atom stereocenters. The van der Waals surface area contributed by atoms with Crippen LogP contribution in [0.5, 0.6) is 0 Å². The van der Waals surface area contributed by atoms with Crippen molar-refractivity contribution in [1.29, 1.82) is 0 Å². The van der Waals surface area contributed by atoms with Gasteiger partial charge in [-0.25, -0.2) is 14.0 Å². The van der Waals surface area contributed by atoms with E-state index in [0.717, 1.165) is 38.2 Å². The molecule has 0 aliphatic heterocycles. The van der Waals surface area contributed by atoms with Crippen molar-refractivity contribution in [3.05, 3.63) is 41.7 Å². The number of hydrogen-bond donors (Lipinski definition) is 2. The van der Waals surface area contributed by atoms with Gasteiger partial charge in [0.15, 0.2) is 6.10 Å². The minimum atomic E-state index is -1.15. The van der Waals surface area contributed by atoms with Gasteiger partial charge in [-0.3, -0.25) is 10.1 Å². The molecule has 3 amide bonds. The lowest BCUT2D eigenvalue weighted by molar-refractivity contribution is -0.149. The van der Waals surface area contributed by atoms with E-state index in [1.54, 1.807) is 6.07 Å². The van der Waals surface area contributed by atoms with Gasteiger partial charge in [0.05, 0.1) is 0 Å². The number of benzene rings is 1. The highest BCUT2D eigenvalue weighted by Crippen LogP contribution is 2.17. The Labute approximate surface area is 151 Å². The van der Waals surface area contributed by atoms with E-state index < -0.39 is 29.8 Å². The number of nitrogens with one attached hydrogen (secondary N) is 2. The molecule has 1 aliphatic carbocycles. The Morgan fingerprint density at radius 3 is 2.58 bits per heavy atom. The van der Waals surface area contributed by atoms with Crippen molar-refractivity contribution in [2.75, 3.05) is 0 Å². The fourth-order valence-corrected chi connectivity index (χ4v) is 2.72. The third-order valence-electron chi connectivity index (χ3n) is 4.14. The summed E-state index contributed by atoms with van der Waals surface area (Å²) in [6.07, 6.45) is 6.21. The van der Waals surface area contributed by atoms with Gasteiger partial charge in [0, 0.05) is 17.7 Å². The van der Waals surface area contributed by atoms with E-state index in [2.05, 4.69) is 10.6 Å². The Bertz CT molecular complexity index is 684. The molecule has 1 aromatic carbocycles. The minimum absolute atomic E-state index is 0.0677. The van der Waals surface area contributed by atoms with Crippen LogP contribution in [0.4, 0.5) is 9.18 Å². The summed E-state index contributed by atoms with van der Waals surface area (Å²) >= 11 is 0. The molecule has 26 heavy (non-hydrogen) atoms. The quantitative estimate of drug-likeness (QED) is 0.623. The van der Waals surface area contributed by atoms with Crippen LogP contribution in [0.1, 0.15) is 44.6 Å². The minimum Gasteiger partial charge on any atom is -0.449 e. The van der Waals surface area contributed by atoms with Crippen LogP contribution in [-0.2, 0) is 14.3 Å². The summed E-state index contributed by atoms with van der Waals surface area (Å²) in [5, 5.41) is 4.91. The average Bonchev–Trinajstić information content (AvgIpc) is 2.61. The molecule has 140 valence electrons. The maximum atomic E-state index is 13.5. The molecular weight excluding hydrogens is 339 g/mol. The third kappa shape index (κ3) is 6.31. The second kappa shape index (κ2) is 9.70. The number of ether oxygens (including phenoxy) is 1. The van der Waals surface area contributed by atoms with Gasteiger partial charge in [0.25, 0.3) is 5.91 Å². The van der Waals surface area contributed by atoms with Gasteiger partial charge in [0.2, 0.25) is 0 Å². The lowest BCUT2D eigenvalue weighted by Gasteiger charge is -2.23. The van der Waals surface area contributed by atoms with Crippen LogP contribution >= 0.6 is 0 Å². The molecular formula is C19H23FN2O4. The number of imide groups is 1. The van der Waals surface area contributed by atoms with Crippen LogP contribution in [0.15, 0.2) is 30.3 Å². The summed E-state index contributed by atoms with van der Waals surface area (Å²) in [7, 11) is 0. The van der Waals surface area contributed by atoms with Crippen LogP contribution < -0.4 is 10.6 Å². The van der Waals surface area contributed by atoms with Gasteiger partial charge in [0.1, 0.15) is 5.82 Å². The van der Waals surface area contributed by atoms with Crippen molar-refractivity contribution < 1.29 is 23.5 Å². The molecule has 2 rings (SSSR count). The molecule has 1 aliphatic rings. The largest absolute Gasteiger partial charge is 0.449 e. The van der Waals surface area contributed by atoms with Crippen molar-refractivity contribution >= 4 is 24.0 Å².